The van der Waals surface area contributed by atoms with Crippen molar-refractivity contribution in [2.75, 3.05) is 16.2 Å². The van der Waals surface area contributed by atoms with Crippen molar-refractivity contribution in [3.63, 3.8) is 0 Å². The summed E-state index contributed by atoms with van der Waals surface area (Å²) < 4.78 is 27.8. The lowest BCUT2D eigenvalue weighted by atomic mass is 10.2. The van der Waals surface area contributed by atoms with Crippen molar-refractivity contribution in [2.45, 2.75) is 11.8 Å². The number of amides is 1. The number of nitrogens with one attached hydrogen (secondary N) is 1. The lowest BCUT2D eigenvalue weighted by Crippen LogP contribution is -2.38. The zero-order valence-electron chi connectivity index (χ0n) is 15.8. The first-order valence-electron chi connectivity index (χ1n) is 8.77. The first-order chi connectivity index (χ1) is 14.2. The average Bonchev–Trinajstić information content (AvgIpc) is 2.66. The third kappa shape index (κ3) is 5.26. The summed E-state index contributed by atoms with van der Waals surface area (Å²) in [4.78, 5) is 12.8. The molecule has 0 aliphatic carbocycles. The predicted octanol–water partition coefficient (Wildman–Crippen LogP) is 5.79. The molecule has 0 unspecified atom stereocenters. The van der Waals surface area contributed by atoms with E-state index in [9.17, 15) is 13.2 Å². The maximum Gasteiger partial charge on any atom is 0.264 e. The number of aryl methyl sites for hydroxylation is 1. The van der Waals surface area contributed by atoms with Gasteiger partial charge in [-0.05, 0) is 61.0 Å². The fourth-order valence-electron chi connectivity index (χ4n) is 2.83. The van der Waals surface area contributed by atoms with Gasteiger partial charge in [-0.3, -0.25) is 9.10 Å². The number of hydrogen-bond acceptors (Lipinski definition) is 3. The normalized spacial score (nSPS) is 11.2. The molecule has 30 heavy (non-hydrogen) atoms. The van der Waals surface area contributed by atoms with E-state index in [1.165, 1.54) is 42.5 Å². The third-order valence-electron chi connectivity index (χ3n) is 4.22. The highest BCUT2D eigenvalue weighted by Gasteiger charge is 2.28. The van der Waals surface area contributed by atoms with Crippen molar-refractivity contribution in [3.8, 4) is 0 Å². The fourth-order valence-corrected chi connectivity index (χ4v) is 4.97. The molecular formula is C21H17Cl3N2O3S. The smallest absolute Gasteiger partial charge is 0.264 e. The molecule has 0 atom stereocenters. The van der Waals surface area contributed by atoms with Crippen LogP contribution in [0.2, 0.25) is 15.1 Å². The molecule has 0 saturated heterocycles. The molecule has 0 heterocycles. The highest BCUT2D eigenvalue weighted by atomic mass is 35.5. The summed E-state index contributed by atoms with van der Waals surface area (Å²) in [6.45, 7) is 1.33. The van der Waals surface area contributed by atoms with Gasteiger partial charge in [-0.25, -0.2) is 8.42 Å². The first-order valence-corrected chi connectivity index (χ1v) is 11.3. The van der Waals surface area contributed by atoms with Crippen molar-refractivity contribution in [3.05, 3.63) is 87.4 Å². The van der Waals surface area contributed by atoms with Gasteiger partial charge < -0.3 is 5.32 Å². The molecule has 1 amide bonds. The van der Waals surface area contributed by atoms with E-state index in [4.69, 9.17) is 34.8 Å². The van der Waals surface area contributed by atoms with Crippen LogP contribution in [0.4, 0.5) is 11.4 Å². The average molecular weight is 484 g/mol. The summed E-state index contributed by atoms with van der Waals surface area (Å²) in [5.74, 6) is -0.547. The van der Waals surface area contributed by atoms with Gasteiger partial charge in [0.1, 0.15) is 6.54 Å². The van der Waals surface area contributed by atoms with Crippen molar-refractivity contribution >= 4 is 62.1 Å². The number of anilines is 2. The van der Waals surface area contributed by atoms with E-state index in [1.807, 2.05) is 0 Å². The molecular weight excluding hydrogens is 467 g/mol. The lowest BCUT2D eigenvalue weighted by molar-refractivity contribution is -0.114. The first kappa shape index (κ1) is 22.4. The van der Waals surface area contributed by atoms with Crippen LogP contribution in [0.3, 0.4) is 0 Å². The van der Waals surface area contributed by atoms with Gasteiger partial charge in [-0.1, -0.05) is 53.0 Å². The Balaban J connectivity index is 1.97. The number of carbonyl (C=O) groups is 1. The molecule has 0 spiro atoms. The van der Waals surface area contributed by atoms with E-state index in [-0.39, 0.29) is 4.90 Å². The van der Waals surface area contributed by atoms with Gasteiger partial charge in [0.15, 0.2) is 0 Å². The van der Waals surface area contributed by atoms with Crippen LogP contribution in [0.15, 0.2) is 71.6 Å². The van der Waals surface area contributed by atoms with Crippen molar-refractivity contribution in [2.24, 2.45) is 0 Å². The Morgan fingerprint density at radius 1 is 0.900 bits per heavy atom. The Kier molecular flexibility index (Phi) is 6.93. The molecule has 0 aromatic heterocycles. The molecule has 3 aromatic carbocycles. The van der Waals surface area contributed by atoms with Gasteiger partial charge in [0, 0.05) is 20.8 Å². The number of para-hydroxylation sites is 1. The van der Waals surface area contributed by atoms with Crippen LogP contribution in [0, 0.1) is 6.92 Å². The van der Waals surface area contributed by atoms with E-state index in [0.29, 0.717) is 32.0 Å². The molecule has 0 saturated carbocycles. The molecule has 0 radical (unpaired) electrons. The Bertz CT molecular complexity index is 1160. The second-order valence-electron chi connectivity index (χ2n) is 6.46. The van der Waals surface area contributed by atoms with Crippen molar-refractivity contribution < 1.29 is 13.2 Å². The lowest BCUT2D eigenvalue weighted by Gasteiger charge is -2.25. The summed E-state index contributed by atoms with van der Waals surface area (Å²) in [5, 5.41) is 3.75. The standard InChI is InChI=1S/C21H17Cl3N2O3S/c1-14-4-2-3-5-20(14)26(30(28,29)19-8-6-15(22)7-9-19)13-21(27)25-18-11-16(23)10-17(24)12-18/h2-12H,13H2,1H3,(H,25,27). The Labute approximate surface area is 190 Å². The van der Waals surface area contributed by atoms with E-state index >= 15 is 0 Å². The van der Waals surface area contributed by atoms with Gasteiger partial charge in [-0.15, -0.1) is 0 Å². The number of rotatable bonds is 6. The molecule has 1 N–H and O–H groups in total. The predicted molar refractivity (Wildman–Crippen MR) is 122 cm³/mol. The van der Waals surface area contributed by atoms with Gasteiger partial charge in [-0.2, -0.15) is 0 Å². The highest BCUT2D eigenvalue weighted by Crippen LogP contribution is 2.28. The van der Waals surface area contributed by atoms with Crippen LogP contribution in [-0.2, 0) is 14.8 Å². The van der Waals surface area contributed by atoms with Crippen molar-refractivity contribution in [1.82, 2.24) is 0 Å². The summed E-state index contributed by atoms with van der Waals surface area (Å²) >= 11 is 17.8. The number of hydrogen-bond donors (Lipinski definition) is 1. The number of benzene rings is 3. The van der Waals surface area contributed by atoms with Crippen LogP contribution in [-0.4, -0.2) is 20.9 Å². The molecule has 0 bridgehead atoms. The summed E-state index contributed by atoms with van der Waals surface area (Å²) in [5.41, 5.74) is 1.46. The molecule has 0 fully saturated rings. The van der Waals surface area contributed by atoms with Crippen LogP contribution in [0.5, 0.6) is 0 Å². The topological polar surface area (TPSA) is 66.5 Å². The van der Waals surface area contributed by atoms with E-state index in [2.05, 4.69) is 5.32 Å². The number of carbonyl (C=O) groups excluding carboxylic acids is 1. The SMILES string of the molecule is Cc1ccccc1N(CC(=O)Nc1cc(Cl)cc(Cl)c1)S(=O)(=O)c1ccc(Cl)cc1. The second kappa shape index (κ2) is 9.27. The Morgan fingerprint density at radius 3 is 2.10 bits per heavy atom. The zero-order valence-corrected chi connectivity index (χ0v) is 18.9. The Hall–Kier alpha value is -2.25. The maximum absolute atomic E-state index is 13.4. The minimum Gasteiger partial charge on any atom is -0.324 e. The van der Waals surface area contributed by atoms with E-state index in [1.54, 1.807) is 31.2 Å². The van der Waals surface area contributed by atoms with Crippen LogP contribution in [0.25, 0.3) is 0 Å². The van der Waals surface area contributed by atoms with Gasteiger partial charge in [0.25, 0.3) is 10.0 Å². The van der Waals surface area contributed by atoms with E-state index < -0.39 is 22.5 Å². The second-order valence-corrected chi connectivity index (χ2v) is 9.63. The third-order valence-corrected chi connectivity index (χ3v) is 6.68. The quantitative estimate of drug-likeness (QED) is 0.482. The molecule has 156 valence electrons. The number of nitrogens with zero attached hydrogens (tertiary/aromatic N) is 1. The monoisotopic (exact) mass is 482 g/mol. The Morgan fingerprint density at radius 2 is 1.50 bits per heavy atom. The summed E-state index contributed by atoms with van der Waals surface area (Å²) in [6, 6.07) is 17.3. The molecule has 0 aliphatic rings. The number of halogens is 3. The van der Waals surface area contributed by atoms with Crippen molar-refractivity contribution in [1.29, 1.82) is 0 Å². The maximum atomic E-state index is 13.4. The molecule has 3 rings (SSSR count). The molecule has 9 heteroatoms. The molecule has 0 aliphatic heterocycles. The summed E-state index contributed by atoms with van der Waals surface area (Å²) in [7, 11) is -4.04. The molecule has 5 nitrogen and oxygen atoms in total. The highest BCUT2D eigenvalue weighted by molar-refractivity contribution is 7.92. The number of sulfonamides is 1. The summed E-state index contributed by atoms with van der Waals surface area (Å²) in [6.07, 6.45) is 0. The van der Waals surface area contributed by atoms with Gasteiger partial charge in [0.05, 0.1) is 10.6 Å². The van der Waals surface area contributed by atoms with E-state index in [0.717, 1.165) is 4.31 Å². The largest absolute Gasteiger partial charge is 0.324 e. The van der Waals surface area contributed by atoms with Gasteiger partial charge in [0.2, 0.25) is 5.91 Å². The fraction of sp³-hybridized carbons (Fsp3) is 0.0952. The van der Waals surface area contributed by atoms with Crippen LogP contribution in [0.1, 0.15) is 5.56 Å². The minimum absolute atomic E-state index is 0.0220. The minimum atomic E-state index is -4.04. The van der Waals surface area contributed by atoms with Gasteiger partial charge >= 0.3 is 0 Å². The molecule has 3 aromatic rings. The van der Waals surface area contributed by atoms with Crippen LogP contribution >= 0.6 is 34.8 Å². The van der Waals surface area contributed by atoms with Crippen LogP contribution < -0.4 is 9.62 Å². The zero-order chi connectivity index (χ0) is 21.9.